The summed E-state index contributed by atoms with van der Waals surface area (Å²) in [5.74, 6) is -0.437. The lowest BCUT2D eigenvalue weighted by molar-refractivity contribution is -0.134. The zero-order chi connectivity index (χ0) is 18.4. The molecule has 3 N–H and O–H groups in total. The molecule has 1 amide bonds. The minimum Gasteiger partial charge on any atom is -0.394 e. The normalized spacial score (nSPS) is 14.0. The van der Waals surface area contributed by atoms with E-state index in [0.717, 1.165) is 10.8 Å². The topological polar surface area (TPSA) is 89.9 Å². The minimum atomic E-state index is -1.64. The molecular weight excluding hydrogens is 340 g/mol. The molecule has 0 heterocycles. The number of hydrogen-bond donors (Lipinski definition) is 3. The number of benzene rings is 2. The van der Waals surface area contributed by atoms with Gasteiger partial charge in [-0.25, -0.2) is 14.0 Å². The summed E-state index contributed by atoms with van der Waals surface area (Å²) < 4.78 is 14.5. The van der Waals surface area contributed by atoms with Gasteiger partial charge in [0.15, 0.2) is 0 Å². The van der Waals surface area contributed by atoms with Crippen molar-refractivity contribution in [3.05, 3.63) is 42.5 Å². The average Bonchev–Trinajstić information content (AvgIpc) is 2.63. The summed E-state index contributed by atoms with van der Waals surface area (Å²) in [4.78, 5) is 12.4. The van der Waals surface area contributed by atoms with Crippen LogP contribution in [0, 0.1) is 5.92 Å². The summed E-state index contributed by atoms with van der Waals surface area (Å²) in [7, 11) is -1.64. The smallest absolute Gasteiger partial charge is 0.264 e. The fraction of sp³-hybridized carbons (Fsp3) is 0.389. The monoisotopic (exact) mass is 364 g/mol. The molecule has 25 heavy (non-hydrogen) atoms. The van der Waals surface area contributed by atoms with Crippen LogP contribution in [-0.2, 0) is 15.8 Å². The standard InChI is InChI=1S/C18H24N2O4S/c1-13(2)9-10-20(17(12-21)18(22)19-23)25(24)16-8-7-14-5-3-4-6-15(14)11-16/h3-8,11,13,17,21,23H,9-10,12H2,1-2H3,(H,19,22). The van der Waals surface area contributed by atoms with Gasteiger partial charge in [-0.3, -0.25) is 10.0 Å². The third kappa shape index (κ3) is 4.85. The van der Waals surface area contributed by atoms with Crippen LogP contribution in [0.3, 0.4) is 0 Å². The summed E-state index contributed by atoms with van der Waals surface area (Å²) in [5.41, 5.74) is 1.55. The number of aliphatic hydroxyl groups excluding tert-OH is 1. The van der Waals surface area contributed by atoms with Gasteiger partial charge >= 0.3 is 0 Å². The largest absolute Gasteiger partial charge is 0.394 e. The molecule has 2 rings (SSSR count). The Morgan fingerprint density at radius 1 is 1.20 bits per heavy atom. The minimum absolute atomic E-state index is 0.340. The molecule has 2 aromatic carbocycles. The van der Waals surface area contributed by atoms with E-state index in [2.05, 4.69) is 0 Å². The number of carbonyl (C=O) groups is 1. The molecule has 0 aromatic heterocycles. The van der Waals surface area contributed by atoms with E-state index in [1.165, 1.54) is 4.31 Å². The Morgan fingerprint density at radius 2 is 1.88 bits per heavy atom. The van der Waals surface area contributed by atoms with Gasteiger partial charge < -0.3 is 5.11 Å². The summed E-state index contributed by atoms with van der Waals surface area (Å²) in [6.07, 6.45) is 0.703. The third-order valence-corrected chi connectivity index (χ3v) is 5.52. The highest BCUT2D eigenvalue weighted by Gasteiger charge is 2.30. The zero-order valence-electron chi connectivity index (χ0n) is 14.4. The van der Waals surface area contributed by atoms with Crippen LogP contribution in [0.5, 0.6) is 0 Å². The molecule has 0 spiro atoms. The molecule has 7 heteroatoms. The molecule has 0 aliphatic rings. The molecule has 0 saturated heterocycles. The maximum Gasteiger partial charge on any atom is 0.264 e. The van der Waals surface area contributed by atoms with E-state index in [1.807, 2.05) is 50.2 Å². The van der Waals surface area contributed by atoms with Crippen LogP contribution in [-0.4, -0.2) is 43.9 Å². The van der Waals surface area contributed by atoms with Crippen molar-refractivity contribution in [1.29, 1.82) is 0 Å². The highest BCUT2D eigenvalue weighted by atomic mass is 32.2. The second-order valence-corrected chi connectivity index (χ2v) is 7.69. The van der Waals surface area contributed by atoms with Crippen molar-refractivity contribution in [2.24, 2.45) is 5.92 Å². The van der Waals surface area contributed by atoms with Gasteiger partial charge in [-0.05, 0) is 35.2 Å². The molecule has 0 aliphatic heterocycles. The molecule has 0 fully saturated rings. The van der Waals surface area contributed by atoms with Gasteiger partial charge in [0.05, 0.1) is 11.5 Å². The van der Waals surface area contributed by atoms with Crippen LogP contribution in [0.4, 0.5) is 0 Å². The van der Waals surface area contributed by atoms with E-state index in [-0.39, 0.29) is 0 Å². The van der Waals surface area contributed by atoms with E-state index >= 15 is 0 Å². The van der Waals surface area contributed by atoms with E-state index in [0.29, 0.717) is 23.8 Å². The van der Waals surface area contributed by atoms with Crippen LogP contribution in [0.2, 0.25) is 0 Å². The van der Waals surface area contributed by atoms with Crippen molar-refractivity contribution in [2.45, 2.75) is 31.2 Å². The van der Waals surface area contributed by atoms with E-state index in [4.69, 9.17) is 5.21 Å². The Balaban J connectivity index is 2.35. The molecule has 2 aromatic rings. The van der Waals surface area contributed by atoms with Crippen LogP contribution in [0.15, 0.2) is 47.4 Å². The fourth-order valence-electron chi connectivity index (χ4n) is 2.53. The van der Waals surface area contributed by atoms with Crippen LogP contribution in [0.1, 0.15) is 20.3 Å². The predicted octanol–water partition coefficient (Wildman–Crippen LogP) is 2.08. The summed E-state index contributed by atoms with van der Waals surface area (Å²) in [5, 5.41) is 20.5. The highest BCUT2D eigenvalue weighted by molar-refractivity contribution is 7.82. The number of fused-ring (bicyclic) bond motifs is 1. The lowest BCUT2D eigenvalue weighted by Gasteiger charge is -2.28. The van der Waals surface area contributed by atoms with Crippen LogP contribution in [0.25, 0.3) is 10.8 Å². The highest BCUT2D eigenvalue weighted by Crippen LogP contribution is 2.21. The van der Waals surface area contributed by atoms with Gasteiger partial charge in [-0.1, -0.05) is 44.2 Å². The first-order valence-corrected chi connectivity index (χ1v) is 9.30. The van der Waals surface area contributed by atoms with E-state index in [9.17, 15) is 14.1 Å². The van der Waals surface area contributed by atoms with Crippen molar-refractivity contribution in [1.82, 2.24) is 9.79 Å². The maximum absolute atomic E-state index is 13.1. The second-order valence-electron chi connectivity index (χ2n) is 6.26. The van der Waals surface area contributed by atoms with Crippen LogP contribution >= 0.6 is 0 Å². The Labute approximate surface area is 150 Å². The lowest BCUT2D eigenvalue weighted by atomic mass is 10.1. The molecule has 0 saturated carbocycles. The molecule has 6 nitrogen and oxygen atoms in total. The number of amides is 1. The molecule has 2 atom stereocenters. The molecule has 136 valence electrons. The Hall–Kier alpha value is -1.80. The maximum atomic E-state index is 13.1. The quantitative estimate of drug-likeness (QED) is 0.494. The second kappa shape index (κ2) is 9.05. The number of nitrogens with zero attached hydrogens (tertiary/aromatic N) is 1. The van der Waals surface area contributed by atoms with Crippen molar-refractivity contribution < 1.29 is 19.3 Å². The molecule has 0 aliphatic carbocycles. The van der Waals surface area contributed by atoms with Crippen molar-refractivity contribution in [2.75, 3.05) is 13.2 Å². The number of nitrogens with one attached hydrogen (secondary N) is 1. The fourth-order valence-corrected chi connectivity index (χ4v) is 3.88. The van der Waals surface area contributed by atoms with Crippen LogP contribution < -0.4 is 5.48 Å². The molecule has 0 bridgehead atoms. The average molecular weight is 364 g/mol. The summed E-state index contributed by atoms with van der Waals surface area (Å²) in [6, 6.07) is 12.1. The lowest BCUT2D eigenvalue weighted by Crippen LogP contribution is -2.49. The summed E-state index contributed by atoms with van der Waals surface area (Å²) >= 11 is 0. The number of rotatable bonds is 8. The predicted molar refractivity (Wildman–Crippen MR) is 97.3 cm³/mol. The van der Waals surface area contributed by atoms with E-state index in [1.54, 1.807) is 11.5 Å². The van der Waals surface area contributed by atoms with E-state index < -0.39 is 29.5 Å². The first kappa shape index (κ1) is 19.5. The number of hydroxylamine groups is 1. The summed E-state index contributed by atoms with van der Waals surface area (Å²) in [6.45, 7) is 3.87. The van der Waals surface area contributed by atoms with Gasteiger partial charge in [0.2, 0.25) is 0 Å². The zero-order valence-corrected chi connectivity index (χ0v) is 15.2. The van der Waals surface area contributed by atoms with Gasteiger partial charge in [-0.15, -0.1) is 0 Å². The number of aliphatic hydroxyl groups is 1. The molecular formula is C18H24N2O4S. The number of carbonyl (C=O) groups excluding carboxylic acids is 1. The third-order valence-electron chi connectivity index (χ3n) is 4.00. The van der Waals surface area contributed by atoms with Crippen molar-refractivity contribution in [3.63, 3.8) is 0 Å². The number of hydrogen-bond acceptors (Lipinski definition) is 4. The Bertz CT molecular complexity index is 751. The van der Waals surface area contributed by atoms with Gasteiger partial charge in [0.25, 0.3) is 5.91 Å². The molecule has 0 radical (unpaired) electrons. The van der Waals surface area contributed by atoms with Gasteiger partial charge in [0.1, 0.15) is 17.0 Å². The first-order valence-electron chi connectivity index (χ1n) is 8.20. The SMILES string of the molecule is CC(C)CCN(C(CO)C(=O)NO)S(=O)c1ccc2ccccc2c1. The van der Waals surface area contributed by atoms with Gasteiger partial charge in [-0.2, -0.15) is 0 Å². The first-order chi connectivity index (χ1) is 12.0. The van der Waals surface area contributed by atoms with Crippen molar-refractivity contribution in [3.8, 4) is 0 Å². The molecule has 2 unspecified atom stereocenters. The Kier molecular flexibility index (Phi) is 7.07. The Morgan fingerprint density at radius 3 is 2.48 bits per heavy atom. The van der Waals surface area contributed by atoms with Gasteiger partial charge in [0, 0.05) is 6.54 Å². The van der Waals surface area contributed by atoms with Crippen molar-refractivity contribution >= 4 is 27.7 Å².